The number of ether oxygens (including phenoxy) is 4. The third-order valence-electron chi connectivity index (χ3n) is 5.34. The summed E-state index contributed by atoms with van der Waals surface area (Å²) in [5.74, 6) is 3.16. The molecule has 1 atom stereocenters. The number of benzene rings is 1. The van der Waals surface area contributed by atoms with Gasteiger partial charge in [-0.2, -0.15) is 4.98 Å². The van der Waals surface area contributed by atoms with E-state index < -0.39 is 0 Å². The fourth-order valence-electron chi connectivity index (χ4n) is 3.62. The number of nitrogens with zero attached hydrogens (tertiary/aromatic N) is 3. The maximum Gasteiger partial charge on any atom is 0.231 e. The number of rotatable bonds is 7. The standard InChI is InChI=1S/C23H29N3O5/c1-15(2)23-24-16(3)10-21(25-23)29-13-18-12-26(8-9-28-18)22(27)7-5-17-4-6-19-20(11-17)31-14-30-19/h4,6,10-11,15,18H,5,7-9,12-14H2,1-3H3. The molecule has 1 aromatic carbocycles. The van der Waals surface area contributed by atoms with Gasteiger partial charge in [0.15, 0.2) is 11.5 Å². The van der Waals surface area contributed by atoms with Gasteiger partial charge in [0.1, 0.15) is 18.5 Å². The van der Waals surface area contributed by atoms with Crippen molar-refractivity contribution < 1.29 is 23.7 Å². The number of fused-ring (bicyclic) bond motifs is 1. The van der Waals surface area contributed by atoms with Crippen LogP contribution in [-0.4, -0.2) is 60.0 Å². The SMILES string of the molecule is Cc1cc(OCC2CN(C(=O)CCc3ccc4c(c3)OCO4)CCO2)nc(C(C)C)n1. The van der Waals surface area contributed by atoms with Gasteiger partial charge in [-0.1, -0.05) is 19.9 Å². The minimum atomic E-state index is -0.180. The minimum absolute atomic E-state index is 0.117. The van der Waals surface area contributed by atoms with E-state index in [0.29, 0.717) is 45.0 Å². The predicted octanol–water partition coefficient (Wildman–Crippen LogP) is 2.88. The van der Waals surface area contributed by atoms with Crippen molar-refractivity contribution >= 4 is 5.91 Å². The molecule has 1 amide bonds. The minimum Gasteiger partial charge on any atom is -0.475 e. The first-order valence-corrected chi connectivity index (χ1v) is 10.7. The molecule has 1 fully saturated rings. The van der Waals surface area contributed by atoms with E-state index in [1.165, 1.54) is 0 Å². The van der Waals surface area contributed by atoms with Crippen molar-refractivity contribution in [3.63, 3.8) is 0 Å². The second-order valence-electron chi connectivity index (χ2n) is 8.19. The maximum atomic E-state index is 12.7. The zero-order valence-electron chi connectivity index (χ0n) is 18.3. The van der Waals surface area contributed by atoms with Gasteiger partial charge in [-0.15, -0.1) is 0 Å². The number of aryl methyl sites for hydroxylation is 2. The van der Waals surface area contributed by atoms with Crippen LogP contribution in [0.15, 0.2) is 24.3 Å². The smallest absolute Gasteiger partial charge is 0.231 e. The van der Waals surface area contributed by atoms with Gasteiger partial charge >= 0.3 is 0 Å². The van der Waals surface area contributed by atoms with E-state index in [9.17, 15) is 4.79 Å². The molecule has 31 heavy (non-hydrogen) atoms. The van der Waals surface area contributed by atoms with Crippen LogP contribution in [0.25, 0.3) is 0 Å². The molecule has 0 aliphatic carbocycles. The van der Waals surface area contributed by atoms with Crippen LogP contribution in [0.4, 0.5) is 0 Å². The van der Waals surface area contributed by atoms with Crippen LogP contribution < -0.4 is 14.2 Å². The summed E-state index contributed by atoms with van der Waals surface area (Å²) in [5, 5.41) is 0. The molecule has 2 aliphatic rings. The van der Waals surface area contributed by atoms with Crippen molar-refractivity contribution in [3.05, 3.63) is 41.3 Å². The van der Waals surface area contributed by atoms with Crippen molar-refractivity contribution in [2.24, 2.45) is 0 Å². The van der Waals surface area contributed by atoms with Crippen LogP contribution in [0.3, 0.4) is 0 Å². The average molecular weight is 428 g/mol. The Kier molecular flexibility index (Phi) is 6.56. The van der Waals surface area contributed by atoms with Crippen molar-refractivity contribution in [3.8, 4) is 17.4 Å². The van der Waals surface area contributed by atoms with Gasteiger partial charge in [0.2, 0.25) is 18.6 Å². The van der Waals surface area contributed by atoms with Gasteiger partial charge < -0.3 is 23.8 Å². The number of amides is 1. The van der Waals surface area contributed by atoms with Gasteiger partial charge in [-0.05, 0) is 31.0 Å². The van der Waals surface area contributed by atoms with Gasteiger partial charge in [0.25, 0.3) is 0 Å². The summed E-state index contributed by atoms with van der Waals surface area (Å²) >= 11 is 0. The first-order chi connectivity index (χ1) is 15.0. The van der Waals surface area contributed by atoms with Crippen LogP contribution in [-0.2, 0) is 16.0 Å². The van der Waals surface area contributed by atoms with Crippen molar-refractivity contribution in [1.82, 2.24) is 14.9 Å². The summed E-state index contributed by atoms with van der Waals surface area (Å²) in [7, 11) is 0. The van der Waals surface area contributed by atoms with E-state index >= 15 is 0 Å². The lowest BCUT2D eigenvalue weighted by Crippen LogP contribution is -2.47. The zero-order chi connectivity index (χ0) is 21.8. The van der Waals surface area contributed by atoms with Crippen molar-refractivity contribution in [2.75, 3.05) is 33.1 Å². The van der Waals surface area contributed by atoms with Crippen molar-refractivity contribution in [2.45, 2.75) is 45.6 Å². The molecule has 1 aromatic heterocycles. The van der Waals surface area contributed by atoms with E-state index in [4.69, 9.17) is 18.9 Å². The highest BCUT2D eigenvalue weighted by Crippen LogP contribution is 2.32. The lowest BCUT2D eigenvalue weighted by atomic mass is 10.1. The highest BCUT2D eigenvalue weighted by Gasteiger charge is 2.25. The monoisotopic (exact) mass is 427 g/mol. The van der Waals surface area contributed by atoms with Crippen LogP contribution in [0.5, 0.6) is 17.4 Å². The van der Waals surface area contributed by atoms with E-state index in [1.807, 2.05) is 36.1 Å². The first-order valence-electron chi connectivity index (χ1n) is 10.7. The Labute approximate surface area is 182 Å². The number of hydrogen-bond acceptors (Lipinski definition) is 7. The number of morpholine rings is 1. The number of carbonyl (C=O) groups is 1. The highest BCUT2D eigenvalue weighted by molar-refractivity contribution is 5.76. The molecular weight excluding hydrogens is 398 g/mol. The average Bonchev–Trinajstić information content (AvgIpc) is 3.24. The first kappa shape index (κ1) is 21.4. The third-order valence-corrected chi connectivity index (χ3v) is 5.34. The molecule has 166 valence electrons. The molecule has 3 heterocycles. The Morgan fingerprint density at radius 3 is 2.90 bits per heavy atom. The summed E-state index contributed by atoms with van der Waals surface area (Å²) in [6.45, 7) is 8.25. The molecule has 2 aromatic rings. The molecule has 8 heteroatoms. The Morgan fingerprint density at radius 1 is 1.23 bits per heavy atom. The molecule has 1 saturated heterocycles. The highest BCUT2D eigenvalue weighted by atomic mass is 16.7. The van der Waals surface area contributed by atoms with E-state index in [-0.39, 0.29) is 24.7 Å². The summed E-state index contributed by atoms with van der Waals surface area (Å²) in [6, 6.07) is 7.64. The molecule has 0 saturated carbocycles. The third kappa shape index (κ3) is 5.44. The summed E-state index contributed by atoms with van der Waals surface area (Å²) in [5.41, 5.74) is 1.93. The number of hydrogen-bond donors (Lipinski definition) is 0. The fourth-order valence-corrected chi connectivity index (χ4v) is 3.62. The quantitative estimate of drug-likeness (QED) is 0.672. The van der Waals surface area contributed by atoms with E-state index in [1.54, 1.807) is 0 Å². The topological polar surface area (TPSA) is 83.0 Å². The summed E-state index contributed by atoms with van der Waals surface area (Å²) in [4.78, 5) is 23.5. The van der Waals surface area contributed by atoms with Crippen LogP contribution >= 0.6 is 0 Å². The molecule has 4 rings (SSSR count). The predicted molar refractivity (Wildman–Crippen MR) is 114 cm³/mol. The van der Waals surface area contributed by atoms with E-state index in [0.717, 1.165) is 28.6 Å². The lowest BCUT2D eigenvalue weighted by Gasteiger charge is -2.33. The molecular formula is C23H29N3O5. The van der Waals surface area contributed by atoms with E-state index in [2.05, 4.69) is 23.8 Å². The summed E-state index contributed by atoms with van der Waals surface area (Å²) < 4.78 is 22.4. The van der Waals surface area contributed by atoms with Crippen LogP contribution in [0.2, 0.25) is 0 Å². The van der Waals surface area contributed by atoms with Gasteiger partial charge in [-0.3, -0.25) is 4.79 Å². The van der Waals surface area contributed by atoms with Crippen LogP contribution in [0, 0.1) is 6.92 Å². The molecule has 2 aliphatic heterocycles. The van der Waals surface area contributed by atoms with Crippen LogP contribution in [0.1, 0.15) is 43.3 Å². The normalized spacial score (nSPS) is 17.8. The Morgan fingerprint density at radius 2 is 2.06 bits per heavy atom. The summed E-state index contributed by atoms with van der Waals surface area (Å²) in [6.07, 6.45) is 0.920. The number of aromatic nitrogens is 2. The Hall–Kier alpha value is -2.87. The maximum absolute atomic E-state index is 12.7. The van der Waals surface area contributed by atoms with Crippen molar-refractivity contribution in [1.29, 1.82) is 0 Å². The molecule has 1 unspecified atom stereocenters. The Bertz CT molecular complexity index is 933. The van der Waals surface area contributed by atoms with Gasteiger partial charge in [-0.25, -0.2) is 4.98 Å². The Balaban J connectivity index is 1.27. The largest absolute Gasteiger partial charge is 0.475 e. The molecule has 0 spiro atoms. The zero-order valence-corrected chi connectivity index (χ0v) is 18.3. The molecule has 0 radical (unpaired) electrons. The molecule has 8 nitrogen and oxygen atoms in total. The number of carbonyl (C=O) groups excluding carboxylic acids is 1. The molecule has 0 bridgehead atoms. The van der Waals surface area contributed by atoms with Gasteiger partial charge in [0, 0.05) is 30.6 Å². The second kappa shape index (κ2) is 9.51. The molecule has 0 N–H and O–H groups in total. The lowest BCUT2D eigenvalue weighted by molar-refractivity contribution is -0.139. The van der Waals surface area contributed by atoms with Gasteiger partial charge in [0.05, 0.1) is 13.2 Å². The second-order valence-corrected chi connectivity index (χ2v) is 8.19. The fraction of sp³-hybridized carbons (Fsp3) is 0.522.